The van der Waals surface area contributed by atoms with Crippen molar-refractivity contribution in [1.82, 2.24) is 29.1 Å². The number of aliphatic hydroxyl groups excluding tert-OH is 1. The van der Waals surface area contributed by atoms with E-state index in [1.54, 1.807) is 0 Å². The molecule has 2 saturated heterocycles. The molecule has 8 atom stereocenters. The molecule has 8 N–H and O–H groups in total. The molecule has 22 heteroatoms. The lowest BCUT2D eigenvalue weighted by Crippen LogP contribution is -2.45. The zero-order chi connectivity index (χ0) is 29.7. The van der Waals surface area contributed by atoms with Gasteiger partial charge in [-0.05, 0) is 6.07 Å². The minimum atomic E-state index is -5.51. The van der Waals surface area contributed by atoms with Gasteiger partial charge in [0.2, 0.25) is 0 Å². The molecule has 0 radical (unpaired) electrons. The van der Waals surface area contributed by atoms with Gasteiger partial charge in [-0.15, -0.1) is 0 Å². The molecule has 0 aliphatic carbocycles. The largest absolute Gasteiger partial charge is 0.756 e. The molecule has 20 nitrogen and oxygen atoms in total. The van der Waals surface area contributed by atoms with Crippen LogP contribution in [-0.2, 0) is 27.7 Å². The second-order valence-corrected chi connectivity index (χ2v) is 11.7. The third-order valence-electron chi connectivity index (χ3n) is 6.69. The van der Waals surface area contributed by atoms with E-state index in [9.17, 15) is 38.6 Å². The van der Waals surface area contributed by atoms with E-state index in [0.717, 1.165) is 4.57 Å². The Morgan fingerprint density at radius 3 is 2.54 bits per heavy atom. The number of rotatable bonds is 9. The summed E-state index contributed by atoms with van der Waals surface area (Å²) in [7, 11) is -10.5. The van der Waals surface area contributed by atoms with E-state index in [-0.39, 0.29) is 35.6 Å². The van der Waals surface area contributed by atoms with Gasteiger partial charge in [0, 0.05) is 25.0 Å². The first-order valence-corrected chi connectivity index (χ1v) is 14.9. The minimum Gasteiger partial charge on any atom is -0.756 e. The fraction of sp³-hybridized carbons (Fsp3) is 0.526. The number of anilines is 2. The number of phosphoric acid groups is 2. The monoisotopic (exact) mass is 619 g/mol. The summed E-state index contributed by atoms with van der Waals surface area (Å²) >= 11 is 0. The van der Waals surface area contributed by atoms with Gasteiger partial charge in [0.05, 0.1) is 25.1 Å². The van der Waals surface area contributed by atoms with Crippen molar-refractivity contribution < 1.29 is 52.3 Å². The Kier molecular flexibility index (Phi) is 8.01. The number of aromatic nitrogens is 6. The van der Waals surface area contributed by atoms with Crippen LogP contribution in [0.4, 0.5) is 11.6 Å². The van der Waals surface area contributed by atoms with Gasteiger partial charge in [0.1, 0.15) is 42.3 Å². The zero-order valence-electron chi connectivity index (χ0n) is 20.8. The van der Waals surface area contributed by atoms with Gasteiger partial charge in [-0.25, -0.2) is 24.3 Å². The van der Waals surface area contributed by atoms with Crippen molar-refractivity contribution in [3.8, 4) is 0 Å². The Balaban J connectivity index is 1.48. The van der Waals surface area contributed by atoms with Gasteiger partial charge < -0.3 is 50.1 Å². The molecule has 0 saturated carbocycles. The van der Waals surface area contributed by atoms with Crippen molar-refractivity contribution >= 4 is 38.4 Å². The normalized spacial score (nSPS) is 29.1. The van der Waals surface area contributed by atoms with Gasteiger partial charge in [-0.3, -0.25) is 18.2 Å². The van der Waals surface area contributed by atoms with Crippen LogP contribution in [0, 0.1) is 5.92 Å². The standard InChI is InChI=1S/C19H26N8O12P2/c20-11-1-2-26(19(29)25-11)12-3-8(10(37-12)5-36-40(30,31)32)15(39-41(33,34)35)16-9(28)4-13(38-16)27-7-24-14-17(21)22-6-23-18(14)27/h1-2,6-10,12-13,15-16,28H,3-5H2,(H2,20,25,29)(H2,21,22,23)(H2,30,31,32)(H2,33,34,35)/p-1. The zero-order valence-corrected chi connectivity index (χ0v) is 22.5. The number of nitrogens with zero attached hydrogens (tertiary/aromatic N) is 6. The summed E-state index contributed by atoms with van der Waals surface area (Å²) in [6.07, 6.45) is -4.53. The maximum atomic E-state index is 12.4. The number of fused-ring (bicyclic) bond motifs is 1. The van der Waals surface area contributed by atoms with Gasteiger partial charge >= 0.3 is 13.5 Å². The van der Waals surface area contributed by atoms with Crippen LogP contribution in [0.15, 0.2) is 29.7 Å². The SMILES string of the molecule is Nc1ccn(C2CC(C(OP(=O)([O-])O)C3OC(n4cnc5c(N)ncnc54)CC3O)C(COP(=O)(O)O)O2)c(=O)n1. The summed E-state index contributed by atoms with van der Waals surface area (Å²) in [4.78, 5) is 68.2. The Bertz CT molecular complexity index is 1570. The van der Waals surface area contributed by atoms with Crippen molar-refractivity contribution in [1.29, 1.82) is 0 Å². The number of nitrogen functional groups attached to an aromatic ring is 2. The summed E-state index contributed by atoms with van der Waals surface area (Å²) in [5, 5.41) is 11.0. The molecule has 2 aliphatic rings. The number of imidazole rings is 1. The Labute approximate surface area is 229 Å². The molecule has 0 amide bonds. The van der Waals surface area contributed by atoms with Crippen LogP contribution in [0.25, 0.3) is 11.2 Å². The molecule has 8 unspecified atom stereocenters. The molecule has 5 heterocycles. The predicted octanol–water partition coefficient (Wildman–Crippen LogP) is -2.25. The summed E-state index contributed by atoms with van der Waals surface area (Å²) < 4.78 is 47.2. The highest BCUT2D eigenvalue weighted by atomic mass is 31.2. The van der Waals surface area contributed by atoms with Crippen LogP contribution in [-0.4, -0.2) is 79.9 Å². The summed E-state index contributed by atoms with van der Waals surface area (Å²) in [6.45, 7) is -0.786. The molecule has 0 spiro atoms. The van der Waals surface area contributed by atoms with Gasteiger partial charge in [-0.2, -0.15) is 4.98 Å². The first-order chi connectivity index (χ1) is 19.2. The average molecular weight is 619 g/mol. The van der Waals surface area contributed by atoms with E-state index in [4.69, 9.17) is 25.5 Å². The van der Waals surface area contributed by atoms with E-state index in [1.807, 2.05) is 0 Å². The minimum absolute atomic E-state index is 0.0801. The Morgan fingerprint density at radius 1 is 1.12 bits per heavy atom. The number of hydrogen-bond donors (Lipinski definition) is 6. The van der Waals surface area contributed by atoms with Crippen molar-refractivity contribution in [2.24, 2.45) is 5.92 Å². The molecule has 3 aromatic rings. The van der Waals surface area contributed by atoms with Crippen molar-refractivity contribution in [3.05, 3.63) is 35.4 Å². The highest BCUT2D eigenvalue weighted by Gasteiger charge is 2.51. The third-order valence-corrected chi connectivity index (χ3v) is 7.68. The topological polar surface area (TPSA) is 306 Å². The Hall–Kier alpha value is -2.87. The Morgan fingerprint density at radius 2 is 1.85 bits per heavy atom. The summed E-state index contributed by atoms with van der Waals surface area (Å²) in [5.41, 5.74) is 11.1. The molecule has 0 bridgehead atoms. The maximum Gasteiger partial charge on any atom is 0.469 e. The van der Waals surface area contributed by atoms with Crippen LogP contribution in [0.1, 0.15) is 25.3 Å². The molecule has 224 valence electrons. The molecule has 41 heavy (non-hydrogen) atoms. The highest BCUT2D eigenvalue weighted by molar-refractivity contribution is 7.46. The summed E-state index contributed by atoms with van der Waals surface area (Å²) in [5.74, 6) is -1.17. The van der Waals surface area contributed by atoms with E-state index < -0.39 is 70.7 Å². The molecular weight excluding hydrogens is 594 g/mol. The molecule has 2 fully saturated rings. The lowest BCUT2D eigenvalue weighted by molar-refractivity contribution is -0.233. The predicted molar refractivity (Wildman–Crippen MR) is 132 cm³/mol. The molecule has 5 rings (SSSR count). The van der Waals surface area contributed by atoms with E-state index in [1.165, 1.54) is 29.5 Å². The van der Waals surface area contributed by atoms with E-state index >= 15 is 0 Å². The molecule has 0 aromatic carbocycles. The average Bonchev–Trinajstić information content (AvgIpc) is 3.57. The third kappa shape index (κ3) is 6.47. The van der Waals surface area contributed by atoms with Gasteiger partial charge in [0.15, 0.2) is 11.5 Å². The van der Waals surface area contributed by atoms with Crippen molar-refractivity contribution in [3.63, 3.8) is 0 Å². The van der Waals surface area contributed by atoms with Crippen molar-refractivity contribution in [2.45, 2.75) is 49.7 Å². The second kappa shape index (κ2) is 11.1. The molecule has 2 aliphatic heterocycles. The first-order valence-electron chi connectivity index (χ1n) is 11.9. The smallest absolute Gasteiger partial charge is 0.469 e. The number of nitrogens with two attached hydrogens (primary N) is 2. The van der Waals surface area contributed by atoms with Gasteiger partial charge in [-0.1, -0.05) is 0 Å². The highest BCUT2D eigenvalue weighted by Crippen LogP contribution is 2.48. The van der Waals surface area contributed by atoms with E-state index in [0.29, 0.717) is 0 Å². The lowest BCUT2D eigenvalue weighted by Gasteiger charge is -2.35. The molecular formula is C19H25N8O12P2-. The van der Waals surface area contributed by atoms with Crippen LogP contribution in [0.5, 0.6) is 0 Å². The fourth-order valence-electron chi connectivity index (χ4n) is 5.01. The number of phosphoric ester groups is 2. The van der Waals surface area contributed by atoms with Crippen LogP contribution >= 0.6 is 15.6 Å². The number of hydrogen-bond acceptors (Lipinski definition) is 15. The van der Waals surface area contributed by atoms with Crippen LogP contribution in [0.2, 0.25) is 0 Å². The van der Waals surface area contributed by atoms with E-state index in [2.05, 4.69) is 24.5 Å². The fourth-order valence-corrected chi connectivity index (χ4v) is 5.93. The van der Waals surface area contributed by atoms with Crippen LogP contribution in [0.3, 0.4) is 0 Å². The van der Waals surface area contributed by atoms with Crippen LogP contribution < -0.4 is 22.1 Å². The van der Waals surface area contributed by atoms with Gasteiger partial charge in [0.25, 0.3) is 7.82 Å². The van der Waals surface area contributed by atoms with Crippen molar-refractivity contribution in [2.75, 3.05) is 18.1 Å². The number of aliphatic hydroxyl groups is 1. The lowest BCUT2D eigenvalue weighted by atomic mass is 9.89. The summed E-state index contributed by atoms with van der Waals surface area (Å²) in [6, 6.07) is 1.30. The maximum absolute atomic E-state index is 12.4. The molecule has 3 aromatic heterocycles. The quantitative estimate of drug-likeness (QED) is 0.138. The first kappa shape index (κ1) is 29.6. The number of ether oxygens (including phenoxy) is 2. The second-order valence-electron chi connectivity index (χ2n) is 9.34.